The smallest absolute Gasteiger partial charge is 0.417 e. The van der Waals surface area contributed by atoms with E-state index in [0.29, 0.717) is 26.1 Å². The maximum absolute atomic E-state index is 16.5. The Morgan fingerprint density at radius 2 is 2.00 bits per heavy atom. The van der Waals surface area contributed by atoms with Gasteiger partial charge in [-0.05, 0) is 37.6 Å². The first kappa shape index (κ1) is 28.5. The van der Waals surface area contributed by atoms with Crippen LogP contribution in [0.4, 0.5) is 26.3 Å². The highest BCUT2D eigenvalue weighted by atomic mass is 32.1. The maximum atomic E-state index is 16.5. The zero-order chi connectivity index (χ0) is 30.1. The van der Waals surface area contributed by atoms with Gasteiger partial charge in [0.2, 0.25) is 5.88 Å². The molecule has 3 fully saturated rings. The van der Waals surface area contributed by atoms with Crippen LogP contribution in [0.15, 0.2) is 23.7 Å². The minimum Gasteiger partial charge on any atom is -0.472 e. The van der Waals surface area contributed by atoms with E-state index < -0.39 is 52.3 Å². The predicted octanol–water partition coefficient (Wildman–Crippen LogP) is 6.15. The van der Waals surface area contributed by atoms with Crippen LogP contribution in [0.3, 0.4) is 0 Å². The molecule has 7 nitrogen and oxygen atoms in total. The van der Waals surface area contributed by atoms with E-state index in [9.17, 15) is 22.0 Å². The summed E-state index contributed by atoms with van der Waals surface area (Å²) in [5.41, 5.74) is -2.12. The molecule has 2 aromatic carbocycles. The minimum absolute atomic E-state index is 0.00340. The van der Waals surface area contributed by atoms with E-state index in [-0.39, 0.29) is 52.0 Å². The summed E-state index contributed by atoms with van der Waals surface area (Å²) < 4.78 is 101. The molecule has 0 spiro atoms. The van der Waals surface area contributed by atoms with Crippen LogP contribution in [0, 0.1) is 17.6 Å². The largest absolute Gasteiger partial charge is 0.472 e. The average Bonchev–Trinajstić information content (AvgIpc) is 3.73. The highest BCUT2D eigenvalue weighted by molar-refractivity contribution is 7.16. The van der Waals surface area contributed by atoms with Crippen LogP contribution < -0.4 is 14.8 Å². The molecular formula is C29H27F6N5O2S. The number of nitrogens with one attached hydrogen (secondary N) is 1. The molecule has 43 heavy (non-hydrogen) atoms. The number of fused-ring (bicyclic) bond motifs is 3. The second kappa shape index (κ2) is 10.4. The number of ether oxygens (including phenoxy) is 2. The molecule has 228 valence electrons. The molecule has 4 unspecified atom stereocenters. The fourth-order valence-corrected chi connectivity index (χ4v) is 7.39. The fourth-order valence-electron chi connectivity index (χ4n) is 6.68. The molecule has 4 atom stereocenters. The van der Waals surface area contributed by atoms with Crippen LogP contribution in [-0.2, 0) is 6.18 Å². The van der Waals surface area contributed by atoms with E-state index in [0.717, 1.165) is 42.5 Å². The second-order valence-electron chi connectivity index (χ2n) is 11.6. The van der Waals surface area contributed by atoms with E-state index in [2.05, 4.69) is 20.3 Å². The van der Waals surface area contributed by atoms with Crippen LogP contribution in [0.5, 0.6) is 11.9 Å². The Hall–Kier alpha value is -3.23. The Labute approximate surface area is 246 Å². The molecular weight excluding hydrogens is 596 g/mol. The monoisotopic (exact) mass is 623 g/mol. The summed E-state index contributed by atoms with van der Waals surface area (Å²) in [5.74, 6) is -2.20. The summed E-state index contributed by atoms with van der Waals surface area (Å²) >= 11 is 0.902. The number of aromatic nitrogens is 3. The van der Waals surface area contributed by atoms with Gasteiger partial charge in [-0.15, -0.1) is 11.3 Å². The van der Waals surface area contributed by atoms with Gasteiger partial charge in [-0.25, -0.2) is 18.2 Å². The van der Waals surface area contributed by atoms with Crippen molar-refractivity contribution >= 4 is 32.5 Å². The van der Waals surface area contributed by atoms with Gasteiger partial charge in [0, 0.05) is 43.1 Å². The Morgan fingerprint density at radius 3 is 2.77 bits per heavy atom. The lowest BCUT2D eigenvalue weighted by Gasteiger charge is -2.30. The first-order chi connectivity index (χ1) is 20.5. The van der Waals surface area contributed by atoms with Crippen LogP contribution in [0.2, 0.25) is 0 Å². The standard InChI is InChI=1S/C29H27F6N5O2S/c1-14-9-36-10-20(14)42-26-17-7-18(29(33,34)35)21(16-3-4-19(31)25-24(16)37-13-43-25)22(32)23(17)38-27(39-26)41-12-28-5-2-6-40(28)11-15(30)8-28/h3-4,7,13-15,20,36H,2,5-6,8-12H2,1H3. The first-order valence-corrected chi connectivity index (χ1v) is 14.9. The first-order valence-electron chi connectivity index (χ1n) is 14.1. The summed E-state index contributed by atoms with van der Waals surface area (Å²) in [4.78, 5) is 14.6. The highest BCUT2D eigenvalue weighted by Gasteiger charge is 2.49. The molecule has 14 heteroatoms. The SMILES string of the molecule is CC1CNCC1Oc1nc(OCC23CCCN2CC(F)C3)nc2c(F)c(-c3ccc(F)c4scnc34)c(C(F)(F)F)cc12. The summed E-state index contributed by atoms with van der Waals surface area (Å²) in [7, 11) is 0. The number of alkyl halides is 4. The van der Waals surface area contributed by atoms with Gasteiger partial charge in [-0.3, -0.25) is 4.90 Å². The Kier molecular flexibility index (Phi) is 6.93. The van der Waals surface area contributed by atoms with Crippen molar-refractivity contribution in [1.29, 1.82) is 0 Å². The highest BCUT2D eigenvalue weighted by Crippen LogP contribution is 2.46. The number of hydrogen-bond acceptors (Lipinski definition) is 8. The number of halogens is 6. The Morgan fingerprint density at radius 1 is 1.16 bits per heavy atom. The molecule has 3 aliphatic heterocycles. The molecule has 4 aromatic rings. The van der Waals surface area contributed by atoms with Crippen molar-refractivity contribution in [2.24, 2.45) is 5.92 Å². The Balaban J connectivity index is 1.40. The van der Waals surface area contributed by atoms with Gasteiger partial charge in [-0.1, -0.05) is 6.92 Å². The number of nitrogens with zero attached hydrogens (tertiary/aromatic N) is 4. The van der Waals surface area contributed by atoms with Crippen LogP contribution in [-0.4, -0.2) is 70.5 Å². The molecule has 0 saturated carbocycles. The van der Waals surface area contributed by atoms with Crippen LogP contribution in [0.25, 0.3) is 32.2 Å². The zero-order valence-corrected chi connectivity index (χ0v) is 23.8. The second-order valence-corrected chi connectivity index (χ2v) is 12.5. The fraction of sp³-hybridized carbons (Fsp3) is 0.483. The third kappa shape index (κ3) is 4.87. The quantitative estimate of drug-likeness (QED) is 0.259. The molecule has 2 aromatic heterocycles. The number of rotatable bonds is 6. The van der Waals surface area contributed by atoms with Gasteiger partial charge >= 0.3 is 12.2 Å². The van der Waals surface area contributed by atoms with Gasteiger partial charge < -0.3 is 14.8 Å². The van der Waals surface area contributed by atoms with Gasteiger partial charge in [0.1, 0.15) is 30.2 Å². The van der Waals surface area contributed by atoms with E-state index in [1.807, 2.05) is 11.8 Å². The number of benzene rings is 2. The lowest BCUT2D eigenvalue weighted by Crippen LogP contribution is -2.43. The van der Waals surface area contributed by atoms with Crippen LogP contribution >= 0.6 is 11.3 Å². The summed E-state index contributed by atoms with van der Waals surface area (Å²) in [5, 5.41) is 2.89. The minimum atomic E-state index is -4.99. The normalized spacial score (nSPS) is 26.1. The van der Waals surface area contributed by atoms with E-state index in [1.165, 1.54) is 5.51 Å². The summed E-state index contributed by atoms with van der Waals surface area (Å²) in [6.07, 6.45) is -4.59. The molecule has 0 aliphatic carbocycles. The number of hydrogen-bond donors (Lipinski definition) is 1. The molecule has 0 bridgehead atoms. The molecule has 1 N–H and O–H groups in total. The molecule has 3 saturated heterocycles. The van der Waals surface area contributed by atoms with E-state index >= 15 is 4.39 Å². The van der Waals surface area contributed by atoms with Crippen molar-refractivity contribution in [2.75, 3.05) is 32.8 Å². The average molecular weight is 624 g/mol. The summed E-state index contributed by atoms with van der Waals surface area (Å²) in [6.45, 7) is 4.02. The third-order valence-electron chi connectivity index (χ3n) is 8.83. The zero-order valence-electron chi connectivity index (χ0n) is 23.0. The number of thiazole rings is 1. The molecule has 5 heterocycles. The van der Waals surface area contributed by atoms with Crippen molar-refractivity contribution < 1.29 is 35.8 Å². The topological polar surface area (TPSA) is 72.4 Å². The van der Waals surface area contributed by atoms with Crippen molar-refractivity contribution in [3.05, 3.63) is 40.9 Å². The van der Waals surface area contributed by atoms with Gasteiger partial charge in [-0.2, -0.15) is 23.1 Å². The van der Waals surface area contributed by atoms with Crippen LogP contribution in [0.1, 0.15) is 31.7 Å². The predicted molar refractivity (Wildman–Crippen MR) is 148 cm³/mol. The van der Waals surface area contributed by atoms with Gasteiger partial charge in [0.15, 0.2) is 5.82 Å². The molecule has 7 rings (SSSR count). The van der Waals surface area contributed by atoms with Gasteiger partial charge in [0.25, 0.3) is 0 Å². The third-order valence-corrected chi connectivity index (χ3v) is 9.66. The maximum Gasteiger partial charge on any atom is 0.417 e. The van der Waals surface area contributed by atoms with Crippen molar-refractivity contribution in [3.63, 3.8) is 0 Å². The van der Waals surface area contributed by atoms with E-state index in [4.69, 9.17) is 9.47 Å². The Bertz CT molecular complexity index is 1720. The van der Waals surface area contributed by atoms with Gasteiger partial charge in [0.05, 0.1) is 32.2 Å². The lowest BCUT2D eigenvalue weighted by atomic mass is 9.95. The molecule has 0 amide bonds. The molecule has 0 radical (unpaired) electrons. The van der Waals surface area contributed by atoms with Crippen molar-refractivity contribution in [2.45, 2.75) is 50.2 Å². The molecule has 3 aliphatic rings. The van der Waals surface area contributed by atoms with Crippen molar-refractivity contribution in [3.8, 4) is 23.0 Å². The lowest BCUT2D eigenvalue weighted by molar-refractivity contribution is -0.137. The van der Waals surface area contributed by atoms with E-state index in [1.54, 1.807) is 0 Å². The summed E-state index contributed by atoms with van der Waals surface area (Å²) in [6, 6.07) is 2.56. The van der Waals surface area contributed by atoms with Crippen molar-refractivity contribution in [1.82, 2.24) is 25.2 Å².